The van der Waals surface area contributed by atoms with Gasteiger partial charge in [-0.15, -0.1) is 0 Å². The van der Waals surface area contributed by atoms with E-state index in [1.54, 1.807) is 30.3 Å². The second-order valence-electron chi connectivity index (χ2n) is 5.33. The molecule has 3 nitrogen and oxygen atoms in total. The Bertz CT molecular complexity index is 905. The molecule has 24 heavy (non-hydrogen) atoms. The van der Waals surface area contributed by atoms with Gasteiger partial charge in [0.25, 0.3) is 5.91 Å². The van der Waals surface area contributed by atoms with Crippen molar-refractivity contribution in [2.24, 2.45) is 0 Å². The molecule has 0 fully saturated rings. The molecule has 0 bridgehead atoms. The largest absolute Gasteiger partial charge is 0.417 e. The van der Waals surface area contributed by atoms with Crippen LogP contribution in [0, 0.1) is 6.92 Å². The molecule has 1 aromatic heterocycles. The van der Waals surface area contributed by atoms with Gasteiger partial charge in [0, 0.05) is 17.1 Å². The average Bonchev–Trinajstić information content (AvgIpc) is 2.56. The fourth-order valence-corrected chi connectivity index (χ4v) is 2.54. The number of rotatable bonds is 2. The number of hydrogen-bond donors (Lipinski definition) is 1. The Hall–Kier alpha value is -2.89. The van der Waals surface area contributed by atoms with Crippen LogP contribution in [0.15, 0.2) is 54.7 Å². The maximum atomic E-state index is 13.2. The summed E-state index contributed by atoms with van der Waals surface area (Å²) in [6.45, 7) is 1.52. The quantitative estimate of drug-likeness (QED) is 0.732. The van der Waals surface area contributed by atoms with E-state index in [2.05, 4.69) is 10.3 Å². The Morgan fingerprint density at radius 3 is 2.46 bits per heavy atom. The van der Waals surface area contributed by atoms with Crippen molar-refractivity contribution in [1.82, 2.24) is 4.98 Å². The minimum Gasteiger partial charge on any atom is -0.320 e. The summed E-state index contributed by atoms with van der Waals surface area (Å²) >= 11 is 0. The van der Waals surface area contributed by atoms with Crippen molar-refractivity contribution < 1.29 is 18.0 Å². The highest BCUT2D eigenvalue weighted by Gasteiger charge is 2.34. The Labute approximate surface area is 136 Å². The summed E-state index contributed by atoms with van der Waals surface area (Å²) in [5, 5.41) is 2.64. The van der Waals surface area contributed by atoms with Gasteiger partial charge in [0.2, 0.25) is 0 Å². The predicted octanol–water partition coefficient (Wildman–Crippen LogP) is 4.81. The highest BCUT2D eigenvalue weighted by Crippen LogP contribution is 2.38. The van der Waals surface area contributed by atoms with Gasteiger partial charge in [-0.25, -0.2) is 0 Å². The number of nitrogens with zero attached hydrogens (tertiary/aromatic N) is 1. The fourth-order valence-electron chi connectivity index (χ4n) is 2.54. The number of fused-ring (bicyclic) bond motifs is 1. The third-order valence-corrected chi connectivity index (χ3v) is 3.67. The molecule has 0 radical (unpaired) electrons. The molecule has 3 aromatic rings. The Morgan fingerprint density at radius 1 is 1.08 bits per heavy atom. The summed E-state index contributed by atoms with van der Waals surface area (Å²) in [5.41, 5.74) is 0.362. The number of nitrogens with one attached hydrogen (secondary N) is 1. The van der Waals surface area contributed by atoms with Crippen molar-refractivity contribution in [3.8, 4) is 0 Å². The van der Waals surface area contributed by atoms with E-state index < -0.39 is 17.6 Å². The number of carbonyl (C=O) groups is 1. The van der Waals surface area contributed by atoms with Gasteiger partial charge in [-0.1, -0.05) is 24.3 Å². The van der Waals surface area contributed by atoms with Crippen molar-refractivity contribution in [3.63, 3.8) is 0 Å². The highest BCUT2D eigenvalue weighted by molar-refractivity contribution is 6.09. The number of alkyl halides is 3. The standard InChI is InChI=1S/C18H13F3N2O/c1-11-10-14(18(19,20)21)13-8-5-9-22-16(13)15(11)23-17(24)12-6-3-2-4-7-12/h2-10H,1H3,(H,23,24). The third kappa shape index (κ3) is 2.95. The average molecular weight is 330 g/mol. The molecule has 0 saturated heterocycles. The van der Waals surface area contributed by atoms with Crippen LogP contribution in [0.4, 0.5) is 18.9 Å². The van der Waals surface area contributed by atoms with E-state index >= 15 is 0 Å². The van der Waals surface area contributed by atoms with E-state index in [1.807, 2.05) is 0 Å². The van der Waals surface area contributed by atoms with Crippen LogP contribution in [0.3, 0.4) is 0 Å². The van der Waals surface area contributed by atoms with E-state index in [4.69, 9.17) is 0 Å². The molecule has 0 atom stereocenters. The zero-order valence-corrected chi connectivity index (χ0v) is 12.7. The molecule has 6 heteroatoms. The molecule has 0 aliphatic carbocycles. The molecule has 1 N–H and O–H groups in total. The second-order valence-corrected chi connectivity index (χ2v) is 5.33. The zero-order chi connectivity index (χ0) is 17.3. The van der Waals surface area contributed by atoms with Gasteiger partial charge in [-0.2, -0.15) is 13.2 Å². The molecule has 1 heterocycles. The first-order valence-electron chi connectivity index (χ1n) is 7.20. The lowest BCUT2D eigenvalue weighted by atomic mass is 10.0. The van der Waals surface area contributed by atoms with E-state index in [0.29, 0.717) is 11.1 Å². The Balaban J connectivity index is 2.13. The number of halogens is 3. The minimum absolute atomic E-state index is 0.0426. The molecule has 0 spiro atoms. The normalized spacial score (nSPS) is 11.5. The number of aromatic nitrogens is 1. The van der Waals surface area contributed by atoms with Gasteiger partial charge < -0.3 is 5.32 Å². The van der Waals surface area contributed by atoms with Crippen LogP contribution < -0.4 is 5.32 Å². The predicted molar refractivity (Wildman–Crippen MR) is 85.9 cm³/mol. The van der Waals surface area contributed by atoms with Crippen molar-refractivity contribution in [2.45, 2.75) is 13.1 Å². The van der Waals surface area contributed by atoms with Gasteiger partial charge in [-0.05, 0) is 36.8 Å². The van der Waals surface area contributed by atoms with Gasteiger partial charge in [0.15, 0.2) is 0 Å². The smallest absolute Gasteiger partial charge is 0.320 e. The molecule has 1 amide bonds. The van der Waals surface area contributed by atoms with Crippen LogP contribution >= 0.6 is 0 Å². The first-order valence-corrected chi connectivity index (χ1v) is 7.20. The van der Waals surface area contributed by atoms with E-state index in [1.165, 1.54) is 25.3 Å². The maximum absolute atomic E-state index is 13.2. The Morgan fingerprint density at radius 2 is 1.79 bits per heavy atom. The first-order chi connectivity index (χ1) is 11.4. The topological polar surface area (TPSA) is 42.0 Å². The molecule has 122 valence electrons. The van der Waals surface area contributed by atoms with E-state index in [-0.39, 0.29) is 16.6 Å². The van der Waals surface area contributed by atoms with Crippen molar-refractivity contribution in [2.75, 3.05) is 5.32 Å². The molecule has 0 aliphatic heterocycles. The number of aryl methyl sites for hydroxylation is 1. The summed E-state index contributed by atoms with van der Waals surface area (Å²) in [6.07, 6.45) is -3.09. The zero-order valence-electron chi connectivity index (χ0n) is 12.7. The molecule has 2 aromatic carbocycles. The summed E-state index contributed by atoms with van der Waals surface area (Å²) in [4.78, 5) is 16.4. The number of carbonyl (C=O) groups excluding carboxylic acids is 1. The fraction of sp³-hybridized carbons (Fsp3) is 0.111. The van der Waals surface area contributed by atoms with Crippen molar-refractivity contribution >= 4 is 22.5 Å². The highest BCUT2D eigenvalue weighted by atomic mass is 19.4. The van der Waals surface area contributed by atoms with Crippen LogP contribution in [-0.4, -0.2) is 10.9 Å². The number of benzene rings is 2. The lowest BCUT2D eigenvalue weighted by Crippen LogP contribution is -2.15. The number of pyridine rings is 1. The molecule has 0 saturated carbocycles. The molecule has 0 aliphatic rings. The lowest BCUT2D eigenvalue weighted by molar-refractivity contribution is -0.136. The van der Waals surface area contributed by atoms with E-state index in [9.17, 15) is 18.0 Å². The third-order valence-electron chi connectivity index (χ3n) is 3.67. The van der Waals surface area contributed by atoms with Crippen molar-refractivity contribution in [1.29, 1.82) is 0 Å². The van der Waals surface area contributed by atoms with Crippen LogP contribution in [-0.2, 0) is 6.18 Å². The van der Waals surface area contributed by atoms with Gasteiger partial charge in [0.05, 0.1) is 16.8 Å². The summed E-state index contributed by atoms with van der Waals surface area (Å²) in [7, 11) is 0. The van der Waals surface area contributed by atoms with Gasteiger partial charge in [-0.3, -0.25) is 9.78 Å². The van der Waals surface area contributed by atoms with Crippen LogP contribution in [0.25, 0.3) is 10.9 Å². The number of amides is 1. The monoisotopic (exact) mass is 330 g/mol. The van der Waals surface area contributed by atoms with Crippen LogP contribution in [0.1, 0.15) is 21.5 Å². The maximum Gasteiger partial charge on any atom is 0.417 e. The van der Waals surface area contributed by atoms with E-state index in [0.717, 1.165) is 6.07 Å². The minimum atomic E-state index is -4.49. The SMILES string of the molecule is Cc1cc(C(F)(F)F)c2cccnc2c1NC(=O)c1ccccc1. The lowest BCUT2D eigenvalue weighted by Gasteiger charge is -2.16. The summed E-state index contributed by atoms with van der Waals surface area (Å²) in [5.74, 6) is -0.398. The van der Waals surface area contributed by atoms with Crippen LogP contribution in [0.2, 0.25) is 0 Å². The number of hydrogen-bond acceptors (Lipinski definition) is 2. The molecule has 0 unspecified atom stereocenters. The Kier molecular flexibility index (Phi) is 3.97. The van der Waals surface area contributed by atoms with Crippen molar-refractivity contribution in [3.05, 3.63) is 71.4 Å². The second kappa shape index (κ2) is 5.96. The molecular formula is C18H13F3N2O. The number of anilines is 1. The summed E-state index contributed by atoms with van der Waals surface area (Å²) < 4.78 is 39.7. The van der Waals surface area contributed by atoms with Gasteiger partial charge in [0.1, 0.15) is 0 Å². The van der Waals surface area contributed by atoms with Gasteiger partial charge >= 0.3 is 6.18 Å². The summed E-state index contributed by atoms with van der Waals surface area (Å²) in [6, 6.07) is 12.3. The van der Waals surface area contributed by atoms with Crippen LogP contribution in [0.5, 0.6) is 0 Å². The first kappa shape index (κ1) is 16.0. The molecule has 3 rings (SSSR count). The molecular weight excluding hydrogens is 317 g/mol.